The molecule has 1 aliphatic heterocycles. The molecule has 4 aliphatic carbocycles. The van der Waals surface area contributed by atoms with Crippen LogP contribution in [0.2, 0.25) is 0 Å². The van der Waals surface area contributed by atoms with Gasteiger partial charge < -0.3 is 24.4 Å². The topological polar surface area (TPSA) is 85.2 Å². The van der Waals surface area contributed by atoms with E-state index in [1.54, 1.807) is 0 Å². The predicted molar refractivity (Wildman–Crippen MR) is 84.2 cm³/mol. The van der Waals surface area contributed by atoms with E-state index in [-0.39, 0.29) is 25.0 Å². The molecule has 148 valence electrons. The average Bonchev–Trinajstić information content (AvgIpc) is 2.96. The normalized spacial score (nSPS) is 46.9. The summed E-state index contributed by atoms with van der Waals surface area (Å²) in [6.45, 7) is -0.645. The van der Waals surface area contributed by atoms with Gasteiger partial charge in [-0.05, 0) is 38.0 Å². The van der Waals surface area contributed by atoms with Gasteiger partial charge in [-0.2, -0.15) is 0 Å². The van der Waals surface area contributed by atoms with E-state index < -0.39 is 41.9 Å². The van der Waals surface area contributed by atoms with Gasteiger partial charge in [-0.3, -0.25) is 4.79 Å². The number of ether oxygens (including phenoxy) is 3. The van der Waals surface area contributed by atoms with Crippen molar-refractivity contribution < 1.29 is 38.0 Å². The molecule has 1 heterocycles. The van der Waals surface area contributed by atoms with Crippen molar-refractivity contribution in [3.63, 3.8) is 0 Å². The fourth-order valence-corrected chi connectivity index (χ4v) is 5.87. The maximum Gasteiger partial charge on any atom is 0.312 e. The lowest BCUT2D eigenvalue weighted by Crippen LogP contribution is -2.64. The van der Waals surface area contributed by atoms with Crippen molar-refractivity contribution in [2.24, 2.45) is 23.2 Å². The molecule has 26 heavy (non-hydrogen) atoms. The molecule has 0 amide bonds. The van der Waals surface area contributed by atoms with Crippen molar-refractivity contribution in [3.8, 4) is 0 Å². The Morgan fingerprint density at radius 1 is 1.12 bits per heavy atom. The molecule has 4 saturated carbocycles. The SMILES string of the molecule is CC(F)(F)COC(=O)C12CC3CC(C1)C1(OC(CO)C(CO)O1)C(C3)C2. The van der Waals surface area contributed by atoms with Crippen LogP contribution in [-0.2, 0) is 19.0 Å². The first kappa shape index (κ1) is 18.5. The molecule has 2 N–H and O–H groups in total. The van der Waals surface area contributed by atoms with Gasteiger partial charge in [0.25, 0.3) is 5.92 Å². The fraction of sp³-hybridized carbons (Fsp3) is 0.944. The minimum atomic E-state index is -3.04. The molecular weight excluding hydrogens is 350 g/mol. The van der Waals surface area contributed by atoms with Gasteiger partial charge in [-0.25, -0.2) is 8.78 Å². The maximum atomic E-state index is 13.1. The van der Waals surface area contributed by atoms with Crippen LogP contribution in [0.15, 0.2) is 0 Å². The van der Waals surface area contributed by atoms with Gasteiger partial charge >= 0.3 is 5.97 Å². The van der Waals surface area contributed by atoms with E-state index in [0.717, 1.165) is 19.8 Å². The van der Waals surface area contributed by atoms with Gasteiger partial charge in [-0.15, -0.1) is 0 Å². The summed E-state index contributed by atoms with van der Waals surface area (Å²) in [6.07, 6.45) is 2.13. The number of hydrogen-bond acceptors (Lipinski definition) is 6. The van der Waals surface area contributed by atoms with E-state index in [1.807, 2.05) is 0 Å². The third-order valence-electron chi connectivity index (χ3n) is 6.66. The molecule has 0 aromatic rings. The van der Waals surface area contributed by atoms with Crippen LogP contribution in [-0.4, -0.2) is 59.9 Å². The zero-order valence-electron chi connectivity index (χ0n) is 14.8. The van der Waals surface area contributed by atoms with Crippen LogP contribution in [0.5, 0.6) is 0 Å². The molecule has 6 nitrogen and oxygen atoms in total. The number of esters is 1. The summed E-state index contributed by atoms with van der Waals surface area (Å²) in [6, 6.07) is 0. The second-order valence-corrected chi connectivity index (χ2v) is 8.67. The second kappa shape index (κ2) is 6.09. The Bertz CT molecular complexity index is 547. The predicted octanol–water partition coefficient (Wildman–Crippen LogP) is 1.48. The molecular formula is C18H26F2O6. The van der Waals surface area contributed by atoms with Crippen molar-refractivity contribution in [3.05, 3.63) is 0 Å². The van der Waals surface area contributed by atoms with Crippen LogP contribution >= 0.6 is 0 Å². The Morgan fingerprint density at radius 2 is 1.65 bits per heavy atom. The van der Waals surface area contributed by atoms with Crippen molar-refractivity contribution in [1.82, 2.24) is 0 Å². The Labute approximate surface area is 150 Å². The summed E-state index contributed by atoms with van der Waals surface area (Å²) < 4.78 is 43.4. The number of hydrogen-bond donors (Lipinski definition) is 2. The lowest BCUT2D eigenvalue weighted by molar-refractivity contribution is -0.312. The van der Waals surface area contributed by atoms with Crippen molar-refractivity contribution >= 4 is 5.97 Å². The third-order valence-corrected chi connectivity index (χ3v) is 6.66. The molecule has 4 atom stereocenters. The lowest BCUT2D eigenvalue weighted by atomic mass is 9.47. The van der Waals surface area contributed by atoms with Gasteiger partial charge in [0.15, 0.2) is 12.4 Å². The van der Waals surface area contributed by atoms with Crippen LogP contribution in [0.25, 0.3) is 0 Å². The molecule has 5 aliphatic rings. The lowest BCUT2D eigenvalue weighted by Gasteiger charge is -2.61. The van der Waals surface area contributed by atoms with Crippen LogP contribution in [0.3, 0.4) is 0 Å². The maximum absolute atomic E-state index is 13.1. The third kappa shape index (κ3) is 2.77. The fourth-order valence-electron chi connectivity index (χ4n) is 5.87. The number of aliphatic hydroxyl groups excluding tert-OH is 2. The summed E-state index contributed by atoms with van der Waals surface area (Å²) in [5.41, 5.74) is -0.744. The van der Waals surface area contributed by atoms with Crippen LogP contribution in [0, 0.1) is 23.2 Å². The molecule has 5 rings (SSSR count). The van der Waals surface area contributed by atoms with Crippen molar-refractivity contribution in [1.29, 1.82) is 0 Å². The summed E-state index contributed by atoms with van der Waals surface area (Å²) in [7, 11) is 0. The highest BCUT2D eigenvalue weighted by Gasteiger charge is 2.69. The summed E-state index contributed by atoms with van der Waals surface area (Å²) in [5, 5.41) is 19.1. The molecule has 4 unspecified atom stereocenters. The highest BCUT2D eigenvalue weighted by Crippen LogP contribution is 2.66. The number of halogens is 2. The number of carbonyl (C=O) groups excluding carboxylic acids is 1. The standard InChI is InChI=1S/C18H26F2O6/c1-16(19,20)9-24-15(23)17-4-10-2-11(5-17)18(12(3-10)6-17)25-13(7-21)14(8-22)26-18/h10-14,21-22H,2-9H2,1H3. The minimum absolute atomic E-state index is 0.0611. The highest BCUT2D eigenvalue weighted by atomic mass is 19.3. The zero-order valence-corrected chi connectivity index (χ0v) is 14.8. The van der Waals surface area contributed by atoms with E-state index in [9.17, 15) is 23.8 Å². The van der Waals surface area contributed by atoms with E-state index in [4.69, 9.17) is 14.2 Å². The first-order valence-corrected chi connectivity index (χ1v) is 9.34. The molecule has 0 aromatic carbocycles. The molecule has 4 bridgehead atoms. The first-order valence-electron chi connectivity index (χ1n) is 9.34. The van der Waals surface area contributed by atoms with E-state index >= 15 is 0 Å². The summed E-state index contributed by atoms with van der Waals surface area (Å²) >= 11 is 0. The smallest absolute Gasteiger partial charge is 0.312 e. The molecule has 1 saturated heterocycles. The number of alkyl halides is 2. The highest BCUT2D eigenvalue weighted by molar-refractivity contribution is 5.77. The molecule has 1 spiro atoms. The summed E-state index contributed by atoms with van der Waals surface area (Å²) in [4.78, 5) is 12.7. The first-order chi connectivity index (χ1) is 12.2. The van der Waals surface area contributed by atoms with Gasteiger partial charge in [0.2, 0.25) is 0 Å². The van der Waals surface area contributed by atoms with Crippen molar-refractivity contribution in [2.45, 2.75) is 62.9 Å². The Morgan fingerprint density at radius 3 is 2.12 bits per heavy atom. The second-order valence-electron chi connectivity index (χ2n) is 8.67. The van der Waals surface area contributed by atoms with E-state index in [0.29, 0.717) is 25.2 Å². The van der Waals surface area contributed by atoms with E-state index in [2.05, 4.69) is 0 Å². The van der Waals surface area contributed by atoms with E-state index in [1.165, 1.54) is 0 Å². The Balaban J connectivity index is 1.54. The Kier molecular flexibility index (Phi) is 4.34. The monoisotopic (exact) mass is 376 g/mol. The number of carbonyl (C=O) groups is 1. The summed E-state index contributed by atoms with van der Waals surface area (Å²) in [5.74, 6) is -4.28. The van der Waals surface area contributed by atoms with Crippen LogP contribution < -0.4 is 0 Å². The van der Waals surface area contributed by atoms with Crippen LogP contribution in [0.1, 0.15) is 39.0 Å². The minimum Gasteiger partial charge on any atom is -0.459 e. The van der Waals surface area contributed by atoms with Gasteiger partial charge in [0, 0.05) is 18.8 Å². The number of aliphatic hydroxyl groups is 2. The van der Waals surface area contributed by atoms with Gasteiger partial charge in [0.1, 0.15) is 12.2 Å². The number of rotatable bonds is 5. The quantitative estimate of drug-likeness (QED) is 0.707. The van der Waals surface area contributed by atoms with Gasteiger partial charge in [-0.1, -0.05) is 0 Å². The molecule has 5 fully saturated rings. The largest absolute Gasteiger partial charge is 0.459 e. The van der Waals surface area contributed by atoms with Gasteiger partial charge in [0.05, 0.1) is 18.6 Å². The van der Waals surface area contributed by atoms with Crippen molar-refractivity contribution in [2.75, 3.05) is 19.8 Å². The Hall–Kier alpha value is -0.830. The molecule has 0 aromatic heterocycles. The molecule has 8 heteroatoms. The zero-order chi connectivity index (χ0) is 18.7. The molecule has 0 radical (unpaired) electrons. The van der Waals surface area contributed by atoms with Crippen LogP contribution in [0.4, 0.5) is 8.78 Å². The average molecular weight is 376 g/mol.